The Bertz CT molecular complexity index is 705. The largest absolute Gasteiger partial charge is 0.481 e. The van der Waals surface area contributed by atoms with E-state index in [1.807, 2.05) is 29.2 Å². The van der Waals surface area contributed by atoms with Crippen molar-refractivity contribution < 1.29 is 14.7 Å². The van der Waals surface area contributed by atoms with E-state index in [0.29, 0.717) is 13.1 Å². The van der Waals surface area contributed by atoms with Gasteiger partial charge in [0, 0.05) is 13.1 Å². The van der Waals surface area contributed by atoms with E-state index >= 15 is 0 Å². The maximum absolute atomic E-state index is 13.6. The first-order valence-corrected chi connectivity index (χ1v) is 9.64. The third-order valence-electron chi connectivity index (χ3n) is 7.27. The van der Waals surface area contributed by atoms with Crippen molar-refractivity contribution in [2.24, 2.45) is 23.2 Å². The summed E-state index contributed by atoms with van der Waals surface area (Å²) in [5.74, 6) is 0.998. The van der Waals surface area contributed by atoms with E-state index in [9.17, 15) is 14.7 Å². The quantitative estimate of drug-likeness (QED) is 0.898. The number of hydrogen-bond acceptors (Lipinski definition) is 2. The van der Waals surface area contributed by atoms with Crippen LogP contribution < -0.4 is 0 Å². The predicted molar refractivity (Wildman–Crippen MR) is 92.8 cm³/mol. The number of hydrogen-bond donors (Lipinski definition) is 1. The van der Waals surface area contributed by atoms with Crippen molar-refractivity contribution in [1.82, 2.24) is 4.90 Å². The maximum Gasteiger partial charge on any atom is 0.312 e. The van der Waals surface area contributed by atoms with E-state index in [2.05, 4.69) is 0 Å². The molecule has 0 aromatic heterocycles. The molecule has 4 aliphatic carbocycles. The second kappa shape index (κ2) is 5.33. The van der Waals surface area contributed by atoms with Crippen LogP contribution in [0.2, 0.25) is 0 Å². The topological polar surface area (TPSA) is 57.6 Å². The highest BCUT2D eigenvalue weighted by Crippen LogP contribution is 2.60. The molecule has 25 heavy (non-hydrogen) atoms. The summed E-state index contributed by atoms with van der Waals surface area (Å²) in [4.78, 5) is 27.2. The molecule has 1 N–H and O–H groups in total. The number of amides is 1. The van der Waals surface area contributed by atoms with Crippen LogP contribution in [0.1, 0.15) is 55.6 Å². The highest BCUT2D eigenvalue weighted by Gasteiger charge is 2.56. The van der Waals surface area contributed by atoms with Gasteiger partial charge in [-0.1, -0.05) is 24.3 Å². The molecule has 132 valence electrons. The summed E-state index contributed by atoms with van der Waals surface area (Å²) in [5, 5.41) is 9.68. The Morgan fingerprint density at radius 3 is 2.20 bits per heavy atom. The van der Waals surface area contributed by atoms with Crippen LogP contribution in [0.5, 0.6) is 0 Å². The monoisotopic (exact) mass is 339 g/mol. The van der Waals surface area contributed by atoms with Crippen LogP contribution in [-0.4, -0.2) is 28.4 Å². The molecule has 1 aromatic rings. The number of benzene rings is 1. The smallest absolute Gasteiger partial charge is 0.312 e. The zero-order valence-electron chi connectivity index (χ0n) is 14.5. The van der Waals surface area contributed by atoms with Crippen LogP contribution in [0.15, 0.2) is 24.3 Å². The molecule has 1 aliphatic heterocycles. The molecule has 1 heterocycles. The first-order valence-electron chi connectivity index (χ1n) is 9.64. The highest BCUT2D eigenvalue weighted by atomic mass is 16.4. The van der Waals surface area contributed by atoms with Crippen molar-refractivity contribution in [3.63, 3.8) is 0 Å². The maximum atomic E-state index is 13.6. The fourth-order valence-electron chi connectivity index (χ4n) is 6.68. The molecule has 5 aliphatic rings. The van der Waals surface area contributed by atoms with Crippen molar-refractivity contribution in [3.05, 3.63) is 35.4 Å². The molecular weight excluding hydrogens is 314 g/mol. The number of carboxylic acids is 1. The van der Waals surface area contributed by atoms with Gasteiger partial charge in [-0.05, 0) is 67.4 Å². The normalized spacial score (nSPS) is 38.5. The van der Waals surface area contributed by atoms with Crippen LogP contribution in [-0.2, 0) is 16.1 Å². The molecule has 1 aromatic carbocycles. The van der Waals surface area contributed by atoms with Gasteiger partial charge in [0.1, 0.15) is 0 Å². The first kappa shape index (κ1) is 15.4. The second-order valence-electron chi connectivity index (χ2n) is 8.97. The zero-order chi connectivity index (χ0) is 17.2. The number of carboxylic acid groups (broad SMARTS) is 1. The molecular formula is C21H25NO3. The molecule has 0 spiro atoms. The van der Waals surface area contributed by atoms with Crippen LogP contribution in [0.4, 0.5) is 0 Å². The molecule has 0 saturated heterocycles. The van der Waals surface area contributed by atoms with Crippen molar-refractivity contribution in [3.8, 4) is 0 Å². The lowest BCUT2D eigenvalue weighted by Gasteiger charge is -2.57. The third kappa shape index (κ3) is 2.33. The fourth-order valence-corrected chi connectivity index (χ4v) is 6.68. The predicted octanol–water partition coefficient (Wildman–Crippen LogP) is 3.41. The minimum absolute atomic E-state index is 0.190. The molecule has 1 atom stereocenters. The number of carbonyl (C=O) groups excluding carboxylic acids is 1. The number of rotatable bonds is 2. The van der Waals surface area contributed by atoms with E-state index in [1.54, 1.807) is 0 Å². The van der Waals surface area contributed by atoms with Crippen LogP contribution in [0, 0.1) is 23.2 Å². The lowest BCUT2D eigenvalue weighted by Crippen LogP contribution is -2.55. The SMILES string of the molecule is O=C(O)C1CN(C(=O)C23CC4CC(CC(C4)C2)C3)Cc2ccccc21. The Morgan fingerprint density at radius 2 is 1.60 bits per heavy atom. The van der Waals surface area contributed by atoms with Crippen LogP contribution in [0.25, 0.3) is 0 Å². The average molecular weight is 339 g/mol. The molecule has 4 heteroatoms. The molecule has 1 amide bonds. The molecule has 0 radical (unpaired) electrons. The summed E-state index contributed by atoms with van der Waals surface area (Å²) in [6.07, 6.45) is 7.04. The fraction of sp³-hybridized carbons (Fsp3) is 0.619. The summed E-state index contributed by atoms with van der Waals surface area (Å²) >= 11 is 0. The van der Waals surface area contributed by atoms with Gasteiger partial charge >= 0.3 is 5.97 Å². The van der Waals surface area contributed by atoms with E-state index in [4.69, 9.17) is 0 Å². The summed E-state index contributed by atoms with van der Waals surface area (Å²) < 4.78 is 0. The van der Waals surface area contributed by atoms with Crippen LogP contribution >= 0.6 is 0 Å². The number of nitrogens with zero attached hydrogens (tertiary/aromatic N) is 1. The van der Waals surface area contributed by atoms with Gasteiger partial charge in [0.15, 0.2) is 0 Å². The van der Waals surface area contributed by atoms with E-state index in [1.165, 1.54) is 19.3 Å². The molecule has 4 saturated carbocycles. The Morgan fingerprint density at radius 1 is 1.00 bits per heavy atom. The molecule has 1 unspecified atom stereocenters. The van der Waals surface area contributed by atoms with Crippen molar-refractivity contribution in [2.75, 3.05) is 6.54 Å². The van der Waals surface area contributed by atoms with Gasteiger partial charge in [-0.25, -0.2) is 0 Å². The first-order chi connectivity index (χ1) is 12.0. The Balaban J connectivity index is 1.46. The van der Waals surface area contributed by atoms with E-state index in [-0.39, 0.29) is 11.3 Å². The van der Waals surface area contributed by atoms with E-state index in [0.717, 1.165) is 48.1 Å². The number of fused-ring (bicyclic) bond motifs is 1. The van der Waals surface area contributed by atoms with Gasteiger partial charge in [-0.15, -0.1) is 0 Å². The standard InChI is InChI=1S/C21H25NO3/c23-19(24)18-12-22(11-16-3-1-2-4-17(16)18)20(25)21-8-13-5-14(9-21)7-15(6-13)10-21/h1-4,13-15,18H,5-12H2,(H,23,24). The number of aliphatic carboxylic acids is 1. The van der Waals surface area contributed by atoms with Crippen molar-refractivity contribution in [2.45, 2.75) is 51.0 Å². The molecule has 4 fully saturated rings. The lowest BCUT2D eigenvalue weighted by atomic mass is 9.49. The van der Waals surface area contributed by atoms with E-state index < -0.39 is 11.9 Å². The van der Waals surface area contributed by atoms with Gasteiger partial charge in [-0.2, -0.15) is 0 Å². The van der Waals surface area contributed by atoms with Gasteiger partial charge in [0.25, 0.3) is 0 Å². The molecule has 4 nitrogen and oxygen atoms in total. The molecule has 6 rings (SSSR count). The summed E-state index contributed by atoms with van der Waals surface area (Å²) in [5.41, 5.74) is 1.69. The lowest BCUT2D eigenvalue weighted by molar-refractivity contribution is -0.160. The van der Waals surface area contributed by atoms with Gasteiger partial charge in [0.05, 0.1) is 11.3 Å². The van der Waals surface area contributed by atoms with Gasteiger partial charge in [-0.3, -0.25) is 9.59 Å². The van der Waals surface area contributed by atoms with Crippen molar-refractivity contribution >= 4 is 11.9 Å². The minimum atomic E-state index is -0.824. The summed E-state index contributed by atoms with van der Waals surface area (Å²) in [7, 11) is 0. The zero-order valence-corrected chi connectivity index (χ0v) is 14.5. The summed E-state index contributed by atoms with van der Waals surface area (Å²) in [6.45, 7) is 0.896. The van der Waals surface area contributed by atoms with Gasteiger partial charge in [0.2, 0.25) is 5.91 Å². The van der Waals surface area contributed by atoms with Gasteiger partial charge < -0.3 is 10.0 Å². The summed E-state index contributed by atoms with van der Waals surface area (Å²) in [6, 6.07) is 7.72. The third-order valence-corrected chi connectivity index (χ3v) is 7.27. The second-order valence-corrected chi connectivity index (χ2v) is 8.97. The Hall–Kier alpha value is -1.84. The number of carbonyl (C=O) groups is 2. The van der Waals surface area contributed by atoms with Crippen LogP contribution in [0.3, 0.4) is 0 Å². The highest BCUT2D eigenvalue weighted by molar-refractivity contribution is 5.85. The average Bonchev–Trinajstić information content (AvgIpc) is 2.58. The Kier molecular flexibility index (Phi) is 3.28. The minimum Gasteiger partial charge on any atom is -0.481 e. The Labute approximate surface area is 148 Å². The molecule has 4 bridgehead atoms. The van der Waals surface area contributed by atoms with Crippen molar-refractivity contribution in [1.29, 1.82) is 0 Å².